The van der Waals surface area contributed by atoms with Gasteiger partial charge in [-0.2, -0.15) is 5.21 Å². The number of amides is 2. The third-order valence-corrected chi connectivity index (χ3v) is 2.73. The van der Waals surface area contributed by atoms with E-state index in [1.165, 1.54) is 4.90 Å². The maximum Gasteiger partial charge on any atom is 0.295 e. The van der Waals surface area contributed by atoms with Crippen LogP contribution < -0.4 is 5.32 Å². The molecule has 1 fully saturated rings. The standard InChI is InChI=1S/C9H15N7O2/c1-15(9(18)8-11-13-14-12-8)6-7(17)16-4-2-10-3-5-16/h10H,2-6H2,1H3,(H,11,12,13,14). The number of aromatic amines is 1. The molecule has 0 saturated carbocycles. The Bertz CT molecular complexity index is 413. The zero-order valence-corrected chi connectivity index (χ0v) is 10.1. The number of nitrogens with zero attached hydrogens (tertiary/aromatic N) is 5. The Hall–Kier alpha value is -2.03. The van der Waals surface area contributed by atoms with E-state index in [-0.39, 0.29) is 18.3 Å². The second-order valence-corrected chi connectivity index (χ2v) is 4.03. The summed E-state index contributed by atoms with van der Waals surface area (Å²) in [5.41, 5.74) is 0. The van der Waals surface area contributed by atoms with Crippen molar-refractivity contribution < 1.29 is 9.59 Å². The van der Waals surface area contributed by atoms with Crippen LogP contribution in [0.25, 0.3) is 0 Å². The van der Waals surface area contributed by atoms with Crippen LogP contribution in [0.1, 0.15) is 10.6 Å². The number of rotatable bonds is 3. The Kier molecular flexibility index (Phi) is 3.82. The van der Waals surface area contributed by atoms with Gasteiger partial charge < -0.3 is 15.1 Å². The van der Waals surface area contributed by atoms with Gasteiger partial charge in [0.1, 0.15) is 0 Å². The molecule has 2 rings (SSSR count). The summed E-state index contributed by atoms with van der Waals surface area (Å²) in [6, 6.07) is 0. The van der Waals surface area contributed by atoms with Crippen LogP contribution in [-0.4, -0.2) is 82.0 Å². The minimum absolute atomic E-state index is 0.0212. The van der Waals surface area contributed by atoms with Crippen molar-refractivity contribution in [3.8, 4) is 0 Å². The molecule has 1 aliphatic rings. The van der Waals surface area contributed by atoms with E-state index < -0.39 is 5.91 Å². The fourth-order valence-corrected chi connectivity index (χ4v) is 1.71. The first kappa shape index (κ1) is 12.4. The number of hydrogen-bond acceptors (Lipinski definition) is 6. The molecule has 98 valence electrons. The number of likely N-dealkylation sites (N-methyl/N-ethyl adjacent to an activating group) is 1. The first-order valence-corrected chi connectivity index (χ1v) is 5.66. The van der Waals surface area contributed by atoms with Crippen molar-refractivity contribution in [1.82, 2.24) is 35.7 Å². The van der Waals surface area contributed by atoms with Crippen LogP contribution in [0, 0.1) is 0 Å². The Morgan fingerprint density at radius 3 is 2.72 bits per heavy atom. The van der Waals surface area contributed by atoms with Gasteiger partial charge in [0.2, 0.25) is 5.91 Å². The van der Waals surface area contributed by atoms with Crippen molar-refractivity contribution in [2.24, 2.45) is 0 Å². The fourth-order valence-electron chi connectivity index (χ4n) is 1.71. The number of hydrogen-bond donors (Lipinski definition) is 2. The van der Waals surface area contributed by atoms with Crippen LogP contribution in [0.3, 0.4) is 0 Å². The van der Waals surface area contributed by atoms with Crippen LogP contribution >= 0.6 is 0 Å². The zero-order chi connectivity index (χ0) is 13.0. The molecule has 0 spiro atoms. The smallest absolute Gasteiger partial charge is 0.295 e. The van der Waals surface area contributed by atoms with E-state index in [0.717, 1.165) is 13.1 Å². The molecular weight excluding hydrogens is 238 g/mol. The Balaban J connectivity index is 1.88. The molecule has 1 aromatic rings. The molecule has 0 atom stereocenters. The van der Waals surface area contributed by atoms with Crippen LogP contribution in [0.15, 0.2) is 0 Å². The Labute approximate surface area is 104 Å². The van der Waals surface area contributed by atoms with E-state index in [0.29, 0.717) is 13.1 Å². The first-order valence-electron chi connectivity index (χ1n) is 5.66. The maximum atomic E-state index is 11.9. The maximum absolute atomic E-state index is 11.9. The monoisotopic (exact) mass is 253 g/mol. The van der Waals surface area contributed by atoms with Crippen LogP contribution in [-0.2, 0) is 4.79 Å². The highest BCUT2D eigenvalue weighted by Crippen LogP contribution is 1.98. The lowest BCUT2D eigenvalue weighted by atomic mass is 10.3. The molecule has 1 aromatic heterocycles. The summed E-state index contributed by atoms with van der Waals surface area (Å²) in [6.07, 6.45) is 0. The molecule has 2 heterocycles. The number of aromatic nitrogens is 4. The molecule has 0 bridgehead atoms. The van der Waals surface area contributed by atoms with Gasteiger partial charge in [-0.15, -0.1) is 10.2 Å². The molecule has 2 N–H and O–H groups in total. The minimum atomic E-state index is -0.424. The van der Waals surface area contributed by atoms with E-state index >= 15 is 0 Å². The second kappa shape index (κ2) is 5.54. The summed E-state index contributed by atoms with van der Waals surface area (Å²) in [7, 11) is 1.54. The predicted octanol–water partition coefficient (Wildman–Crippen LogP) is -2.30. The third kappa shape index (κ3) is 2.80. The minimum Gasteiger partial charge on any atom is -0.339 e. The molecule has 0 radical (unpaired) electrons. The van der Waals surface area contributed by atoms with Gasteiger partial charge in [-0.1, -0.05) is 0 Å². The quantitative estimate of drug-likeness (QED) is 0.627. The normalized spacial score (nSPS) is 15.5. The van der Waals surface area contributed by atoms with Crippen LogP contribution in [0.5, 0.6) is 0 Å². The SMILES string of the molecule is CN(CC(=O)N1CCNCC1)C(=O)c1nn[nH]n1. The number of H-pyrrole nitrogens is 1. The lowest BCUT2D eigenvalue weighted by Gasteiger charge is -2.28. The van der Waals surface area contributed by atoms with Crippen LogP contribution in [0.2, 0.25) is 0 Å². The lowest BCUT2D eigenvalue weighted by Crippen LogP contribution is -2.49. The van der Waals surface area contributed by atoms with Gasteiger partial charge in [-0.3, -0.25) is 9.59 Å². The van der Waals surface area contributed by atoms with Gasteiger partial charge in [-0.05, 0) is 5.21 Å². The van der Waals surface area contributed by atoms with Crippen LogP contribution in [0.4, 0.5) is 0 Å². The summed E-state index contributed by atoms with van der Waals surface area (Å²) in [4.78, 5) is 26.7. The summed E-state index contributed by atoms with van der Waals surface area (Å²) >= 11 is 0. The predicted molar refractivity (Wildman–Crippen MR) is 60.6 cm³/mol. The number of carbonyl (C=O) groups is 2. The van der Waals surface area contributed by atoms with Gasteiger partial charge in [0.05, 0.1) is 6.54 Å². The van der Waals surface area contributed by atoms with Crippen molar-refractivity contribution in [2.45, 2.75) is 0 Å². The summed E-state index contributed by atoms with van der Waals surface area (Å²) in [6.45, 7) is 2.93. The molecular formula is C9H15N7O2. The number of tetrazole rings is 1. The molecule has 9 nitrogen and oxygen atoms in total. The van der Waals surface area contributed by atoms with Crippen molar-refractivity contribution in [3.05, 3.63) is 5.82 Å². The number of carbonyl (C=O) groups excluding carboxylic acids is 2. The molecule has 1 aliphatic heterocycles. The highest BCUT2D eigenvalue weighted by molar-refractivity contribution is 5.93. The van der Waals surface area contributed by atoms with E-state index in [9.17, 15) is 9.59 Å². The van der Waals surface area contributed by atoms with E-state index in [2.05, 4.69) is 25.9 Å². The Morgan fingerprint density at radius 2 is 2.11 bits per heavy atom. The molecule has 1 saturated heterocycles. The molecule has 9 heteroatoms. The highest BCUT2D eigenvalue weighted by Gasteiger charge is 2.22. The van der Waals surface area contributed by atoms with Gasteiger partial charge >= 0.3 is 0 Å². The zero-order valence-electron chi connectivity index (χ0n) is 10.1. The molecule has 0 aromatic carbocycles. The molecule has 18 heavy (non-hydrogen) atoms. The fraction of sp³-hybridized carbons (Fsp3) is 0.667. The summed E-state index contributed by atoms with van der Waals surface area (Å²) in [5, 5.41) is 15.8. The largest absolute Gasteiger partial charge is 0.339 e. The van der Waals surface area contributed by atoms with Gasteiger partial charge in [0.25, 0.3) is 11.7 Å². The average Bonchev–Trinajstić information content (AvgIpc) is 2.92. The van der Waals surface area contributed by atoms with Crippen molar-refractivity contribution in [2.75, 3.05) is 39.8 Å². The van der Waals surface area contributed by atoms with E-state index in [4.69, 9.17) is 0 Å². The number of piperazine rings is 1. The molecule has 0 unspecified atom stereocenters. The average molecular weight is 253 g/mol. The van der Waals surface area contributed by atoms with Gasteiger partial charge in [0.15, 0.2) is 0 Å². The molecule has 2 amide bonds. The highest BCUT2D eigenvalue weighted by atomic mass is 16.2. The van der Waals surface area contributed by atoms with Crippen molar-refractivity contribution in [3.63, 3.8) is 0 Å². The lowest BCUT2D eigenvalue weighted by molar-refractivity contribution is -0.132. The molecule has 0 aliphatic carbocycles. The van der Waals surface area contributed by atoms with Crippen molar-refractivity contribution in [1.29, 1.82) is 0 Å². The van der Waals surface area contributed by atoms with Gasteiger partial charge in [0, 0.05) is 33.2 Å². The third-order valence-electron chi connectivity index (χ3n) is 2.73. The van der Waals surface area contributed by atoms with Gasteiger partial charge in [-0.25, -0.2) is 0 Å². The summed E-state index contributed by atoms with van der Waals surface area (Å²) in [5.74, 6) is -0.534. The first-order chi connectivity index (χ1) is 8.68. The van der Waals surface area contributed by atoms with E-state index in [1.54, 1.807) is 11.9 Å². The second-order valence-electron chi connectivity index (χ2n) is 4.03. The summed E-state index contributed by atoms with van der Waals surface area (Å²) < 4.78 is 0. The van der Waals surface area contributed by atoms with Crippen molar-refractivity contribution >= 4 is 11.8 Å². The topological polar surface area (TPSA) is 107 Å². The Morgan fingerprint density at radius 1 is 1.39 bits per heavy atom. The van der Waals surface area contributed by atoms with E-state index in [1.807, 2.05) is 0 Å². The number of nitrogens with one attached hydrogen (secondary N) is 2.